The first kappa shape index (κ1) is 36.3. The van der Waals surface area contributed by atoms with Crippen LogP contribution in [0.1, 0.15) is 53.4 Å². The highest BCUT2D eigenvalue weighted by atomic mass is 16.7. The van der Waals surface area contributed by atoms with Crippen molar-refractivity contribution in [1.29, 1.82) is 0 Å². The number of rotatable bonds is 3. The van der Waals surface area contributed by atoms with Gasteiger partial charge in [0.05, 0.1) is 60.7 Å². The molecule has 4 rings (SSSR count). The molecule has 3 fully saturated rings. The predicted molar refractivity (Wildman–Crippen MR) is 167 cm³/mol. The van der Waals surface area contributed by atoms with Crippen LogP contribution in [-0.2, 0) is 33.3 Å². The summed E-state index contributed by atoms with van der Waals surface area (Å²) in [5.41, 5.74) is -1.44. The van der Waals surface area contributed by atoms with Crippen LogP contribution < -0.4 is 5.32 Å². The Hall–Kier alpha value is -2.52. The molecule has 0 aromatic carbocycles. The highest BCUT2D eigenvalue weighted by Crippen LogP contribution is 2.43. The molecule has 0 aliphatic carbocycles. The third-order valence-electron chi connectivity index (χ3n) is 8.71. The topological polar surface area (TPSA) is 183 Å². The fourth-order valence-electron chi connectivity index (χ4n) is 6.28. The number of hydrogen-bond donors (Lipinski definition) is 5. The molecular weight excluding hydrogens is 598 g/mol. The number of nitrogens with one attached hydrogen (secondary N) is 1. The summed E-state index contributed by atoms with van der Waals surface area (Å²) < 4.78 is 29.4. The van der Waals surface area contributed by atoms with Gasteiger partial charge in [0, 0.05) is 31.8 Å². The lowest BCUT2D eigenvalue weighted by molar-refractivity contribution is -0.333. The number of aliphatic hydroxyl groups excluding tert-OH is 3. The van der Waals surface area contributed by atoms with Crippen molar-refractivity contribution in [3.8, 4) is 0 Å². The maximum absolute atomic E-state index is 12.3. The van der Waals surface area contributed by atoms with Crippen molar-refractivity contribution in [2.24, 2.45) is 5.92 Å². The zero-order chi connectivity index (χ0) is 33.5. The Morgan fingerprint density at radius 3 is 2.43 bits per heavy atom. The molecule has 13 atom stereocenters. The van der Waals surface area contributed by atoms with E-state index >= 15 is 0 Å². The van der Waals surface area contributed by atoms with Gasteiger partial charge in [-0.05, 0) is 33.8 Å². The van der Waals surface area contributed by atoms with Gasteiger partial charge in [0.15, 0.2) is 12.1 Å². The minimum atomic E-state index is -2.00. The number of allylic oxidation sites excluding steroid dienone is 6. The van der Waals surface area contributed by atoms with Crippen molar-refractivity contribution in [2.45, 2.75) is 126 Å². The van der Waals surface area contributed by atoms with Gasteiger partial charge in [0.25, 0.3) is 0 Å². The first-order chi connectivity index (χ1) is 21.8. The molecule has 0 aromatic heterocycles. The lowest BCUT2D eigenvalue weighted by Crippen LogP contribution is -2.60. The van der Waals surface area contributed by atoms with E-state index in [2.05, 4.69) is 5.32 Å². The molecule has 4 aliphatic heterocycles. The van der Waals surface area contributed by atoms with Crippen LogP contribution in [0.4, 0.5) is 0 Å². The average Bonchev–Trinajstić information content (AvgIpc) is 3.78. The number of aldehydes is 1. The normalized spacial score (nSPS) is 48.0. The Morgan fingerprint density at radius 2 is 1.70 bits per heavy atom. The van der Waals surface area contributed by atoms with Gasteiger partial charge >= 0.3 is 5.97 Å². The molecule has 256 valence electrons. The van der Waals surface area contributed by atoms with Crippen LogP contribution in [-0.4, -0.2) is 112 Å². The van der Waals surface area contributed by atoms with Gasteiger partial charge in [-0.15, -0.1) is 0 Å². The summed E-state index contributed by atoms with van der Waals surface area (Å²) in [4.78, 5) is 24.4. The number of esters is 1. The zero-order valence-electron chi connectivity index (χ0n) is 26.9. The number of aliphatic hydroxyl groups is 4. The third-order valence-corrected chi connectivity index (χ3v) is 8.71. The maximum Gasteiger partial charge on any atom is 0.330 e. The molecule has 0 spiro atoms. The van der Waals surface area contributed by atoms with Crippen LogP contribution in [0.3, 0.4) is 0 Å². The largest absolute Gasteiger partial charge is 0.459 e. The van der Waals surface area contributed by atoms with E-state index in [9.17, 15) is 30.0 Å². The smallest absolute Gasteiger partial charge is 0.330 e. The second-order valence-corrected chi connectivity index (χ2v) is 12.9. The van der Waals surface area contributed by atoms with E-state index in [1.807, 2.05) is 31.2 Å². The molecule has 2 bridgehead atoms. The lowest BCUT2D eigenvalue weighted by atomic mass is 9.75. The Morgan fingerprint density at radius 1 is 0.978 bits per heavy atom. The number of ether oxygens (including phenoxy) is 5. The number of cyclic esters (lactones) is 1. The first-order valence-electron chi connectivity index (χ1n) is 16.0. The third kappa shape index (κ3) is 9.99. The molecule has 4 heterocycles. The Labute approximate surface area is 270 Å². The first-order valence-corrected chi connectivity index (χ1v) is 16.0. The molecule has 3 saturated heterocycles. The summed E-state index contributed by atoms with van der Waals surface area (Å²) in [5.74, 6) is -3.55. The van der Waals surface area contributed by atoms with Crippen molar-refractivity contribution in [3.05, 3.63) is 60.8 Å². The van der Waals surface area contributed by atoms with E-state index in [4.69, 9.17) is 23.7 Å². The number of fused-ring (bicyclic) bond motifs is 3. The fourth-order valence-corrected chi connectivity index (χ4v) is 6.28. The summed E-state index contributed by atoms with van der Waals surface area (Å²) in [6.45, 7) is 6.78. The van der Waals surface area contributed by atoms with Gasteiger partial charge < -0.3 is 54.2 Å². The van der Waals surface area contributed by atoms with E-state index < -0.39 is 60.1 Å². The molecule has 5 N–H and O–H groups in total. The molecule has 46 heavy (non-hydrogen) atoms. The Balaban J connectivity index is 1.58. The summed E-state index contributed by atoms with van der Waals surface area (Å²) in [5, 5.41) is 47.3. The summed E-state index contributed by atoms with van der Waals surface area (Å²) in [6, 6.07) is -0.106. The quantitative estimate of drug-likeness (QED) is 0.169. The lowest BCUT2D eigenvalue weighted by Gasteiger charge is -2.50. The highest BCUT2D eigenvalue weighted by Gasteiger charge is 2.56. The minimum absolute atomic E-state index is 0.00386. The van der Waals surface area contributed by atoms with E-state index in [0.717, 1.165) is 0 Å². The zero-order valence-corrected chi connectivity index (χ0v) is 26.9. The van der Waals surface area contributed by atoms with Crippen molar-refractivity contribution < 1.29 is 53.7 Å². The second-order valence-electron chi connectivity index (χ2n) is 12.9. The van der Waals surface area contributed by atoms with Crippen LogP contribution in [0.25, 0.3) is 0 Å². The molecule has 0 amide bonds. The van der Waals surface area contributed by atoms with Crippen LogP contribution in [0.15, 0.2) is 60.8 Å². The van der Waals surface area contributed by atoms with Crippen LogP contribution in [0.2, 0.25) is 0 Å². The van der Waals surface area contributed by atoms with Crippen molar-refractivity contribution in [3.63, 3.8) is 0 Å². The summed E-state index contributed by atoms with van der Waals surface area (Å²) >= 11 is 0. The number of carbonyl (C=O) groups is 2. The predicted octanol–water partition coefficient (Wildman–Crippen LogP) is 1.52. The van der Waals surface area contributed by atoms with Gasteiger partial charge in [-0.2, -0.15) is 0 Å². The highest BCUT2D eigenvalue weighted by molar-refractivity contribution is 5.82. The molecule has 0 aromatic rings. The summed E-state index contributed by atoms with van der Waals surface area (Å²) in [6.07, 6.45) is 11.5. The number of carbonyl (C=O) groups excluding carboxylic acids is 2. The monoisotopic (exact) mass is 647 g/mol. The Bertz CT molecular complexity index is 1190. The molecule has 4 aliphatic rings. The maximum atomic E-state index is 12.3. The van der Waals surface area contributed by atoms with Crippen molar-refractivity contribution >= 4 is 12.3 Å². The van der Waals surface area contributed by atoms with Gasteiger partial charge in [-0.1, -0.05) is 48.6 Å². The van der Waals surface area contributed by atoms with Gasteiger partial charge in [-0.25, -0.2) is 4.79 Å². The van der Waals surface area contributed by atoms with E-state index in [1.54, 1.807) is 45.1 Å². The van der Waals surface area contributed by atoms with Crippen LogP contribution in [0.5, 0.6) is 0 Å². The molecule has 5 unspecified atom stereocenters. The fraction of sp³-hybridized carbons (Fsp3) is 0.647. The van der Waals surface area contributed by atoms with Crippen LogP contribution in [0, 0.1) is 5.92 Å². The number of hydrogen-bond acceptors (Lipinski definition) is 12. The second kappa shape index (κ2) is 16.1. The SMILES string of the molecule is CC1OC(O[C@H]2/C=C/C=C/C=C/C=C/C[C@@H](C)OC(=O)/C=C/[C@H](C)OC[C@H](O)C[C@]3(O)C[C@H](O)[C@@H](C=O)[C@](C)(C2)O3)C(O)C2NC12. The van der Waals surface area contributed by atoms with Gasteiger partial charge in [0.2, 0.25) is 0 Å². The molecule has 0 saturated carbocycles. The molecule has 12 nitrogen and oxygen atoms in total. The van der Waals surface area contributed by atoms with E-state index in [1.165, 1.54) is 12.2 Å². The Kier molecular flexibility index (Phi) is 12.7. The van der Waals surface area contributed by atoms with Crippen LogP contribution >= 0.6 is 0 Å². The average molecular weight is 648 g/mol. The van der Waals surface area contributed by atoms with E-state index in [-0.39, 0.29) is 50.2 Å². The molecule has 12 heteroatoms. The standard InChI is InChI=1S/C34H49NO11/c1-21-14-15-28(39)43-22(2)12-10-8-6-5-7-9-11-13-25(45-32-31(40)30-29(35-30)23(3)44-32)17-33(4)26(19-36)27(38)18-34(41,46-33)16-24(37)20-42-21/h5-11,13-15,19,21-27,29-32,35,37-38,40-41H,12,16-18,20H2,1-4H3/b6-5+,9-7+,10-8+,13-11+,15-14+/t21-,22+,23?,24+,25-,26+,27-,29?,30?,31?,32?,33-,34+/m0/s1. The van der Waals surface area contributed by atoms with Gasteiger partial charge in [-0.3, -0.25) is 0 Å². The van der Waals surface area contributed by atoms with E-state index in [0.29, 0.717) is 12.7 Å². The van der Waals surface area contributed by atoms with Gasteiger partial charge in [0.1, 0.15) is 18.5 Å². The summed E-state index contributed by atoms with van der Waals surface area (Å²) in [7, 11) is 0. The molecule has 0 radical (unpaired) electrons. The van der Waals surface area contributed by atoms with Crippen molar-refractivity contribution in [1.82, 2.24) is 5.32 Å². The molecular formula is C34H49NO11. The minimum Gasteiger partial charge on any atom is -0.459 e. The van der Waals surface area contributed by atoms with Crippen molar-refractivity contribution in [2.75, 3.05) is 6.61 Å².